The van der Waals surface area contributed by atoms with Gasteiger partial charge in [0.25, 0.3) is 0 Å². The van der Waals surface area contributed by atoms with Gasteiger partial charge in [-0.15, -0.1) is 0 Å². The van der Waals surface area contributed by atoms with Crippen LogP contribution in [0.4, 0.5) is 19.2 Å². The highest BCUT2D eigenvalue weighted by atomic mass is 16.3. The fraction of sp³-hybridized carbons (Fsp3) is 0.677. The second-order valence-electron chi connectivity index (χ2n) is 13.3. The second kappa shape index (κ2) is 16.4. The third-order valence-electron chi connectivity index (χ3n) is 10.2. The monoisotopic (exact) mass is 708 g/mol. The Kier molecular flexibility index (Phi) is 12.7. The van der Waals surface area contributed by atoms with Gasteiger partial charge in [-0.25, -0.2) is 19.2 Å². The van der Waals surface area contributed by atoms with Gasteiger partial charge in [0.05, 0.1) is 54.7 Å². The molecular formula is C31H52N10O9. The highest BCUT2D eigenvalue weighted by Crippen LogP contribution is 2.38. The Bertz CT molecular complexity index is 1350. The second-order valence-corrected chi connectivity index (χ2v) is 13.3. The topological polar surface area (TPSA) is 274 Å². The number of aliphatic hydroxyl groups excluding tert-OH is 5. The summed E-state index contributed by atoms with van der Waals surface area (Å²) in [5.74, 6) is 0. The molecule has 0 aliphatic carbocycles. The van der Waals surface area contributed by atoms with E-state index in [4.69, 9.17) is 5.73 Å². The Labute approximate surface area is 290 Å². The van der Waals surface area contributed by atoms with E-state index in [1.165, 1.54) is 11.9 Å². The first-order valence-corrected chi connectivity index (χ1v) is 16.6. The minimum absolute atomic E-state index is 0.0891. The molecule has 50 heavy (non-hydrogen) atoms. The first-order valence-electron chi connectivity index (χ1n) is 16.6. The van der Waals surface area contributed by atoms with Crippen LogP contribution in [0.5, 0.6) is 0 Å². The van der Waals surface area contributed by atoms with E-state index in [1.54, 1.807) is 30.9 Å². The van der Waals surface area contributed by atoms with Crippen LogP contribution >= 0.6 is 0 Å². The standard InChI is InChI=1S/C11H19N3O4.C9H15N3O3.C9H12N2O.C2H6N2O/c1-12-5-3-6(15)8-9(17)7(16)4-14(8)10(5)13(2)11(12)18;13-4-2-1-3-12-6(4)7(14)5-8(12)11-9(15)10-5;1-11(9(10)12)7-8-5-3-2-4-6-8;1-4-2(3)5/h5-10,15-17H,3-4H2,1-2H3;4-8,13-14H,1-3H2,(H2,10,11,15);2-6H,7H2,1H3,(H2,10,12);1H3,(H3,3,4,5)/t5?,6-,7-,8-,9-,10?;4-,5?,6-,7-,8?;;/m11../s1. The number of nitrogens with zero attached hydrogens (tertiary/aromatic N) is 5. The van der Waals surface area contributed by atoms with Gasteiger partial charge in [0.1, 0.15) is 12.3 Å². The maximum Gasteiger partial charge on any atom is 0.321 e. The molecule has 19 nitrogen and oxygen atoms in total. The Morgan fingerprint density at radius 3 is 2.14 bits per heavy atom. The number of hydrogen-bond donors (Lipinski definition) is 10. The number of rotatable bonds is 2. The summed E-state index contributed by atoms with van der Waals surface area (Å²) in [6, 6.07) is 7.41. The van der Waals surface area contributed by atoms with Crippen molar-refractivity contribution in [2.45, 2.75) is 92.8 Å². The van der Waals surface area contributed by atoms with E-state index in [0.717, 1.165) is 24.9 Å². The largest absolute Gasteiger partial charge is 0.391 e. The molecule has 6 fully saturated rings. The maximum atomic E-state index is 11.9. The average Bonchev–Trinajstić information content (AvgIpc) is 3.76. The van der Waals surface area contributed by atoms with E-state index >= 15 is 0 Å². The zero-order chi connectivity index (χ0) is 37.0. The van der Waals surface area contributed by atoms with Crippen molar-refractivity contribution in [1.29, 1.82) is 0 Å². The van der Waals surface area contributed by atoms with Gasteiger partial charge >= 0.3 is 24.1 Å². The van der Waals surface area contributed by atoms with Gasteiger partial charge < -0.3 is 67.7 Å². The quantitative estimate of drug-likeness (QED) is 0.144. The molecule has 0 radical (unpaired) electrons. The molecule has 7 rings (SSSR count). The van der Waals surface area contributed by atoms with Crippen molar-refractivity contribution in [3.8, 4) is 0 Å². The van der Waals surface area contributed by atoms with Gasteiger partial charge in [-0.1, -0.05) is 30.3 Å². The first-order chi connectivity index (χ1) is 23.6. The molecule has 6 saturated heterocycles. The van der Waals surface area contributed by atoms with Gasteiger partial charge in [-0.3, -0.25) is 9.80 Å². The average molecular weight is 709 g/mol. The molecule has 0 bridgehead atoms. The minimum Gasteiger partial charge on any atom is -0.391 e. The van der Waals surface area contributed by atoms with Crippen molar-refractivity contribution in [1.82, 2.24) is 40.4 Å². The summed E-state index contributed by atoms with van der Waals surface area (Å²) >= 11 is 0. The van der Waals surface area contributed by atoms with Crippen molar-refractivity contribution in [3.05, 3.63) is 35.9 Å². The van der Waals surface area contributed by atoms with Gasteiger partial charge in [-0.2, -0.15) is 0 Å². The van der Waals surface area contributed by atoms with E-state index in [2.05, 4.69) is 21.7 Å². The van der Waals surface area contributed by atoms with Gasteiger partial charge in [-0.05, 0) is 24.8 Å². The van der Waals surface area contributed by atoms with Crippen molar-refractivity contribution < 1.29 is 44.7 Å². The SMILES string of the molecule is CN(Cc1ccccc1)C(N)=O.CN1C(=O)N(C)C2C1C[C@@H](O)[C@@H]1[C@H](O)[C@H](O)CN21.CNC(N)=O.O=C1NC2C(N1)N1CCC[C@@H](O)[C@@H]1[C@@H]2O. The Morgan fingerprint density at radius 2 is 1.54 bits per heavy atom. The molecule has 6 aliphatic rings. The Balaban J connectivity index is 0.000000161. The fourth-order valence-corrected chi connectivity index (χ4v) is 7.65. The normalized spacial score (nSPS) is 35.3. The number of likely N-dealkylation sites (N-methyl/N-ethyl adjacent to an activating group) is 2. The summed E-state index contributed by atoms with van der Waals surface area (Å²) in [6.45, 7) is 1.67. The first kappa shape index (κ1) is 38.8. The van der Waals surface area contributed by atoms with Gasteiger partial charge in [0.2, 0.25) is 0 Å². The summed E-state index contributed by atoms with van der Waals surface area (Å²) in [7, 11) is 6.59. The van der Waals surface area contributed by atoms with Crippen LogP contribution in [-0.2, 0) is 6.54 Å². The summed E-state index contributed by atoms with van der Waals surface area (Å²) in [5.41, 5.74) is 10.7. The highest BCUT2D eigenvalue weighted by molar-refractivity contribution is 5.78. The summed E-state index contributed by atoms with van der Waals surface area (Å²) < 4.78 is 0. The number of fused-ring (bicyclic) bond motifs is 6. The predicted octanol–water partition coefficient (Wildman–Crippen LogP) is -3.48. The van der Waals surface area contributed by atoms with Crippen molar-refractivity contribution in [3.63, 3.8) is 0 Å². The van der Waals surface area contributed by atoms with Crippen LogP contribution in [0.25, 0.3) is 0 Å². The van der Waals surface area contributed by atoms with Crippen LogP contribution < -0.4 is 27.4 Å². The van der Waals surface area contributed by atoms with Crippen LogP contribution in [0, 0.1) is 0 Å². The molecule has 1 aromatic rings. The van der Waals surface area contributed by atoms with Crippen molar-refractivity contribution >= 4 is 24.1 Å². The molecule has 0 saturated carbocycles. The summed E-state index contributed by atoms with van der Waals surface area (Å²) in [6.07, 6.45) is -1.97. The van der Waals surface area contributed by atoms with Crippen molar-refractivity contribution in [2.24, 2.45) is 11.5 Å². The number of aliphatic hydroxyl groups is 5. The lowest BCUT2D eigenvalue weighted by atomic mass is 9.91. The fourth-order valence-electron chi connectivity index (χ4n) is 7.65. The van der Waals surface area contributed by atoms with Crippen LogP contribution in [0.15, 0.2) is 30.3 Å². The molecule has 1 aromatic carbocycles. The molecule has 19 heteroatoms. The third kappa shape index (κ3) is 8.14. The number of nitrogens with two attached hydrogens (primary N) is 2. The number of urea groups is 4. The molecule has 4 unspecified atom stereocenters. The number of hydrogen-bond acceptors (Lipinski definition) is 11. The maximum absolute atomic E-state index is 11.9. The summed E-state index contributed by atoms with van der Waals surface area (Å²) in [5, 5.41) is 57.3. The molecule has 12 N–H and O–H groups in total. The minimum atomic E-state index is -0.949. The molecule has 11 atom stereocenters. The number of primary amides is 2. The number of carbonyl (C=O) groups excluding carboxylic acids is 4. The van der Waals surface area contributed by atoms with Crippen LogP contribution in [0.3, 0.4) is 0 Å². The van der Waals surface area contributed by atoms with Gasteiger partial charge in [0, 0.05) is 47.8 Å². The zero-order valence-corrected chi connectivity index (χ0v) is 28.7. The smallest absolute Gasteiger partial charge is 0.321 e. The van der Waals surface area contributed by atoms with Crippen molar-refractivity contribution in [2.75, 3.05) is 41.3 Å². The lowest BCUT2D eigenvalue weighted by molar-refractivity contribution is -0.0762. The third-order valence-corrected chi connectivity index (χ3v) is 10.2. The Morgan fingerprint density at radius 1 is 0.920 bits per heavy atom. The van der Waals surface area contributed by atoms with E-state index in [1.807, 2.05) is 40.1 Å². The number of amides is 8. The van der Waals surface area contributed by atoms with Crippen LogP contribution in [0.1, 0.15) is 24.8 Å². The van der Waals surface area contributed by atoms with E-state index in [-0.39, 0.29) is 49.1 Å². The molecule has 8 amide bonds. The van der Waals surface area contributed by atoms with Crippen LogP contribution in [-0.4, -0.2) is 182 Å². The van der Waals surface area contributed by atoms with E-state index in [9.17, 15) is 44.7 Å². The molecule has 0 aromatic heterocycles. The number of nitrogens with one attached hydrogen (secondary N) is 3. The molecule has 0 spiro atoms. The van der Waals surface area contributed by atoms with Crippen LogP contribution in [0.2, 0.25) is 0 Å². The lowest BCUT2D eigenvalue weighted by Gasteiger charge is -2.44. The number of carbonyl (C=O) groups is 4. The summed E-state index contributed by atoms with van der Waals surface area (Å²) in [4.78, 5) is 51.8. The zero-order valence-electron chi connectivity index (χ0n) is 28.7. The molecule has 6 aliphatic heterocycles. The predicted molar refractivity (Wildman–Crippen MR) is 179 cm³/mol. The highest BCUT2D eigenvalue weighted by Gasteiger charge is 2.58. The van der Waals surface area contributed by atoms with E-state index in [0.29, 0.717) is 13.0 Å². The number of benzene rings is 1. The Hall–Kier alpha value is -3.98. The van der Waals surface area contributed by atoms with E-state index < -0.39 is 48.6 Å². The molecular weight excluding hydrogens is 656 g/mol. The lowest BCUT2D eigenvalue weighted by Crippen LogP contribution is -2.62. The molecule has 280 valence electrons. The van der Waals surface area contributed by atoms with Gasteiger partial charge in [0.15, 0.2) is 0 Å². The molecule has 6 heterocycles. The number of piperidine rings is 2.